The van der Waals surface area contributed by atoms with E-state index in [1.807, 2.05) is 24.4 Å². The molecular formula is C33H38F3N3O4. The molecule has 2 aliphatic heterocycles. The number of fused-ring (bicyclic) bond motifs is 1. The van der Waals surface area contributed by atoms with E-state index in [4.69, 9.17) is 9.47 Å². The van der Waals surface area contributed by atoms with E-state index in [0.29, 0.717) is 76.9 Å². The van der Waals surface area contributed by atoms with Gasteiger partial charge in [-0.05, 0) is 79.6 Å². The van der Waals surface area contributed by atoms with Crippen molar-refractivity contribution in [2.24, 2.45) is 5.41 Å². The smallest absolute Gasteiger partial charge is 0.174 e. The molecule has 2 aliphatic rings. The summed E-state index contributed by atoms with van der Waals surface area (Å²) in [4.78, 5) is 9.05. The van der Waals surface area contributed by atoms with Crippen molar-refractivity contribution in [2.75, 3.05) is 59.7 Å². The lowest BCUT2D eigenvalue weighted by Gasteiger charge is -2.40. The van der Waals surface area contributed by atoms with Crippen molar-refractivity contribution in [3.8, 4) is 17.6 Å². The minimum Gasteiger partial charge on any atom is -0.497 e. The highest BCUT2D eigenvalue weighted by molar-refractivity contribution is 5.85. The lowest BCUT2D eigenvalue weighted by atomic mass is 9.74. The van der Waals surface area contributed by atoms with Crippen molar-refractivity contribution in [3.05, 3.63) is 70.7 Å². The van der Waals surface area contributed by atoms with Gasteiger partial charge in [0.25, 0.3) is 0 Å². The highest BCUT2D eigenvalue weighted by atomic mass is 19.2. The first-order valence-corrected chi connectivity index (χ1v) is 14.7. The number of aliphatic hydroxyl groups excluding tert-OH is 2. The van der Waals surface area contributed by atoms with E-state index in [9.17, 15) is 23.4 Å². The molecule has 0 saturated carbocycles. The van der Waals surface area contributed by atoms with Crippen LogP contribution in [0.4, 0.5) is 13.2 Å². The van der Waals surface area contributed by atoms with E-state index in [-0.39, 0.29) is 17.6 Å². The van der Waals surface area contributed by atoms with Gasteiger partial charge in [0.1, 0.15) is 11.6 Å². The fraction of sp³-hybridized carbons (Fsp3) is 0.485. The van der Waals surface area contributed by atoms with Gasteiger partial charge in [0.15, 0.2) is 11.6 Å². The molecule has 7 nitrogen and oxygen atoms in total. The molecule has 0 radical (unpaired) electrons. The maximum Gasteiger partial charge on any atom is 0.174 e. The Morgan fingerprint density at radius 2 is 1.84 bits per heavy atom. The summed E-state index contributed by atoms with van der Waals surface area (Å²) in [5.74, 6) is 2.77. The molecule has 2 fully saturated rings. The number of halogens is 3. The van der Waals surface area contributed by atoms with Crippen LogP contribution in [0.2, 0.25) is 0 Å². The van der Waals surface area contributed by atoms with Crippen LogP contribution in [0.3, 0.4) is 0 Å². The molecule has 1 aromatic heterocycles. The molecule has 3 aromatic rings. The molecule has 2 N–H and O–H groups in total. The number of morpholine rings is 1. The summed E-state index contributed by atoms with van der Waals surface area (Å²) < 4.78 is 51.8. The van der Waals surface area contributed by atoms with E-state index < -0.39 is 23.6 Å². The normalized spacial score (nSPS) is 18.3. The number of benzene rings is 2. The molecule has 3 heterocycles. The Balaban J connectivity index is 1.26. The molecule has 230 valence electrons. The number of hydrogen-bond acceptors (Lipinski definition) is 7. The number of hydrogen-bond donors (Lipinski definition) is 2. The molecule has 0 bridgehead atoms. The van der Waals surface area contributed by atoms with Crippen LogP contribution in [0.5, 0.6) is 5.75 Å². The van der Waals surface area contributed by atoms with Crippen molar-refractivity contribution in [1.82, 2.24) is 14.8 Å². The fourth-order valence-corrected chi connectivity index (χ4v) is 6.03. The van der Waals surface area contributed by atoms with Gasteiger partial charge in [0.2, 0.25) is 0 Å². The molecule has 1 atom stereocenters. The fourth-order valence-electron chi connectivity index (χ4n) is 6.03. The Morgan fingerprint density at radius 1 is 1.07 bits per heavy atom. The van der Waals surface area contributed by atoms with Gasteiger partial charge in [-0.1, -0.05) is 11.8 Å². The van der Waals surface area contributed by atoms with Gasteiger partial charge in [-0.3, -0.25) is 14.8 Å². The zero-order valence-electron chi connectivity index (χ0n) is 24.4. The Labute approximate surface area is 250 Å². The summed E-state index contributed by atoms with van der Waals surface area (Å²) in [6, 6.07) is 7.07. The predicted molar refractivity (Wildman–Crippen MR) is 157 cm³/mol. The first kappa shape index (κ1) is 31.2. The number of aromatic nitrogens is 1. The van der Waals surface area contributed by atoms with Crippen molar-refractivity contribution in [1.29, 1.82) is 0 Å². The Kier molecular flexibility index (Phi) is 10.2. The molecular weight excluding hydrogens is 559 g/mol. The number of methoxy groups -OCH3 is 1. The molecule has 0 aliphatic carbocycles. The summed E-state index contributed by atoms with van der Waals surface area (Å²) in [6.07, 6.45) is 3.59. The summed E-state index contributed by atoms with van der Waals surface area (Å²) >= 11 is 0. The van der Waals surface area contributed by atoms with Crippen LogP contribution in [-0.2, 0) is 11.3 Å². The lowest BCUT2D eigenvalue weighted by molar-refractivity contribution is 0.0262. The minimum atomic E-state index is -1.26. The van der Waals surface area contributed by atoms with E-state index in [0.717, 1.165) is 41.2 Å². The largest absolute Gasteiger partial charge is 0.497 e. The maximum atomic E-state index is 13.9. The molecule has 0 amide bonds. The van der Waals surface area contributed by atoms with Crippen LogP contribution in [0.1, 0.15) is 48.5 Å². The SMILES string of the molecule is COc1ccc2ncc(CN3CCOCC3)c([C@@H](O)CCC3(CO)CCN(CC#Cc4cc(F)cc(F)c4F)CC3)c2c1. The van der Waals surface area contributed by atoms with Crippen molar-refractivity contribution < 1.29 is 32.9 Å². The van der Waals surface area contributed by atoms with E-state index in [2.05, 4.69) is 26.6 Å². The van der Waals surface area contributed by atoms with Crippen molar-refractivity contribution in [3.63, 3.8) is 0 Å². The van der Waals surface area contributed by atoms with Gasteiger partial charge in [0.05, 0.1) is 44.1 Å². The standard InChI is InChI=1S/C33H38F3N3O4/c1-42-26-4-5-29-27(19-26)31(24(20-37-29)21-39-13-15-43-16-14-39)30(41)6-7-33(22-40)8-11-38(12-9-33)10-2-3-23-17-25(34)18-28(35)32(23)36/h4-5,17-20,30,40-41H,6-16,21-22H2,1H3/t30-/m0/s1. The molecule has 2 saturated heterocycles. The topological polar surface area (TPSA) is 78.3 Å². The monoisotopic (exact) mass is 597 g/mol. The van der Waals surface area contributed by atoms with Crippen LogP contribution in [-0.4, -0.2) is 84.7 Å². The van der Waals surface area contributed by atoms with Crippen LogP contribution >= 0.6 is 0 Å². The maximum absolute atomic E-state index is 13.9. The highest BCUT2D eigenvalue weighted by Gasteiger charge is 2.35. The number of likely N-dealkylation sites (tertiary alicyclic amines) is 1. The highest BCUT2D eigenvalue weighted by Crippen LogP contribution is 2.40. The predicted octanol–water partition coefficient (Wildman–Crippen LogP) is 4.43. The van der Waals surface area contributed by atoms with E-state index in [1.165, 1.54) is 0 Å². The third-order valence-electron chi connectivity index (χ3n) is 8.75. The van der Waals surface area contributed by atoms with Crippen molar-refractivity contribution in [2.45, 2.75) is 38.3 Å². The Morgan fingerprint density at radius 3 is 2.56 bits per heavy atom. The molecule has 43 heavy (non-hydrogen) atoms. The Hall–Kier alpha value is -3.20. The van der Waals surface area contributed by atoms with Gasteiger partial charge in [0, 0.05) is 43.9 Å². The van der Waals surface area contributed by atoms with E-state index in [1.54, 1.807) is 7.11 Å². The molecule has 0 unspecified atom stereocenters. The van der Waals surface area contributed by atoms with Crippen LogP contribution in [0, 0.1) is 34.7 Å². The van der Waals surface area contributed by atoms with E-state index >= 15 is 0 Å². The molecule has 5 rings (SSSR count). The molecule has 2 aromatic carbocycles. The number of pyridine rings is 1. The molecule has 0 spiro atoms. The van der Waals surface area contributed by atoms with Gasteiger partial charge >= 0.3 is 0 Å². The number of aliphatic hydroxyl groups is 2. The second kappa shape index (κ2) is 14.1. The quantitative estimate of drug-likeness (QED) is 0.279. The first-order valence-electron chi connectivity index (χ1n) is 14.7. The van der Waals surface area contributed by atoms with Gasteiger partial charge < -0.3 is 19.7 Å². The summed E-state index contributed by atoms with van der Waals surface area (Å²) in [5, 5.41) is 23.0. The number of rotatable bonds is 9. The van der Waals surface area contributed by atoms with Gasteiger partial charge in [-0.25, -0.2) is 13.2 Å². The zero-order valence-corrected chi connectivity index (χ0v) is 24.4. The van der Waals surface area contributed by atoms with Crippen molar-refractivity contribution >= 4 is 10.9 Å². The van der Waals surface area contributed by atoms with Gasteiger partial charge in [-0.2, -0.15) is 0 Å². The third kappa shape index (κ3) is 7.48. The van der Waals surface area contributed by atoms with Gasteiger partial charge in [-0.15, -0.1) is 0 Å². The first-order chi connectivity index (χ1) is 20.8. The lowest BCUT2D eigenvalue weighted by Crippen LogP contribution is -2.42. The second-order valence-corrected chi connectivity index (χ2v) is 11.5. The van der Waals surface area contributed by atoms with Crippen LogP contribution in [0.25, 0.3) is 10.9 Å². The number of nitrogens with zero attached hydrogens (tertiary/aromatic N) is 3. The number of ether oxygens (including phenoxy) is 2. The van der Waals surface area contributed by atoms with Crippen LogP contribution in [0.15, 0.2) is 36.5 Å². The third-order valence-corrected chi connectivity index (χ3v) is 8.75. The summed E-state index contributed by atoms with van der Waals surface area (Å²) in [6.45, 7) is 5.26. The minimum absolute atomic E-state index is 0.00142. The molecule has 10 heteroatoms. The Bertz CT molecular complexity index is 1480. The summed E-state index contributed by atoms with van der Waals surface area (Å²) in [5.41, 5.74) is 1.94. The average Bonchev–Trinajstić information content (AvgIpc) is 3.03. The summed E-state index contributed by atoms with van der Waals surface area (Å²) in [7, 11) is 1.62. The zero-order chi connectivity index (χ0) is 30.4. The van der Waals surface area contributed by atoms with Crippen LogP contribution < -0.4 is 4.74 Å². The number of piperidine rings is 1. The average molecular weight is 598 g/mol. The second-order valence-electron chi connectivity index (χ2n) is 11.5.